The van der Waals surface area contributed by atoms with Crippen molar-refractivity contribution in [2.75, 3.05) is 16.0 Å². The van der Waals surface area contributed by atoms with E-state index in [4.69, 9.17) is 23.8 Å². The third-order valence-electron chi connectivity index (χ3n) is 3.92. The second-order valence-corrected chi connectivity index (χ2v) is 8.49. The van der Waals surface area contributed by atoms with Gasteiger partial charge in [-0.05, 0) is 73.7 Å². The zero-order valence-corrected chi connectivity index (χ0v) is 18.1. The van der Waals surface area contributed by atoms with Gasteiger partial charge in [-0.2, -0.15) is 0 Å². The molecule has 3 aromatic rings. The number of nitrogens with one attached hydrogen (secondary N) is 3. The molecule has 0 spiro atoms. The van der Waals surface area contributed by atoms with Crippen LogP contribution in [0.4, 0.5) is 17.1 Å². The monoisotopic (exact) mass is 441 g/mol. The van der Waals surface area contributed by atoms with E-state index in [1.165, 1.54) is 11.8 Å². The van der Waals surface area contributed by atoms with Crippen molar-refractivity contribution in [2.45, 2.75) is 17.1 Å². The van der Waals surface area contributed by atoms with Crippen LogP contribution in [0.2, 0.25) is 5.02 Å². The van der Waals surface area contributed by atoms with Crippen LogP contribution < -0.4 is 16.0 Å². The number of carbonyl (C=O) groups is 1. The Hall–Kier alpha value is -2.54. The Kier molecular flexibility index (Phi) is 7.52. The van der Waals surface area contributed by atoms with Crippen molar-refractivity contribution in [3.63, 3.8) is 0 Å². The summed E-state index contributed by atoms with van der Waals surface area (Å²) in [6.45, 7) is 1.87. The molecule has 0 fully saturated rings. The fourth-order valence-corrected chi connectivity index (χ4v) is 3.78. The second-order valence-electron chi connectivity index (χ2n) is 6.23. The summed E-state index contributed by atoms with van der Waals surface area (Å²) in [6.07, 6.45) is 0. The summed E-state index contributed by atoms with van der Waals surface area (Å²) in [5, 5.41) is 10.1. The molecule has 148 valence electrons. The summed E-state index contributed by atoms with van der Waals surface area (Å²) in [6, 6.07) is 24.6. The summed E-state index contributed by atoms with van der Waals surface area (Å²) in [5.74, 6) is -0.0723. The lowest BCUT2D eigenvalue weighted by Gasteiger charge is -2.14. The fourth-order valence-electron chi connectivity index (χ4n) is 2.50. The molecule has 0 heterocycles. The van der Waals surface area contributed by atoms with E-state index >= 15 is 0 Å². The molecule has 1 unspecified atom stereocenters. The Morgan fingerprint density at radius 3 is 2.21 bits per heavy atom. The molecule has 0 aliphatic carbocycles. The van der Waals surface area contributed by atoms with Crippen LogP contribution in [0.1, 0.15) is 6.92 Å². The largest absolute Gasteiger partial charge is 0.332 e. The molecule has 0 aromatic heterocycles. The SMILES string of the molecule is CC(Sc1cccc(NC(=S)Nc2ccccc2)c1)C(=O)Nc1ccc(Cl)cc1. The summed E-state index contributed by atoms with van der Waals surface area (Å²) >= 11 is 12.7. The Morgan fingerprint density at radius 2 is 1.48 bits per heavy atom. The van der Waals surface area contributed by atoms with Gasteiger partial charge in [0.05, 0.1) is 5.25 Å². The van der Waals surface area contributed by atoms with Crippen molar-refractivity contribution in [1.29, 1.82) is 0 Å². The lowest BCUT2D eigenvalue weighted by molar-refractivity contribution is -0.115. The highest BCUT2D eigenvalue weighted by Gasteiger charge is 2.15. The number of carbonyl (C=O) groups excluding carboxylic acids is 1. The van der Waals surface area contributed by atoms with Crippen LogP contribution in [0.3, 0.4) is 0 Å². The predicted molar refractivity (Wildman–Crippen MR) is 128 cm³/mol. The number of amides is 1. The highest BCUT2D eigenvalue weighted by atomic mass is 35.5. The van der Waals surface area contributed by atoms with Crippen LogP contribution in [0.5, 0.6) is 0 Å². The third-order valence-corrected chi connectivity index (χ3v) is 5.47. The van der Waals surface area contributed by atoms with Crippen LogP contribution in [0.15, 0.2) is 83.8 Å². The maximum Gasteiger partial charge on any atom is 0.237 e. The van der Waals surface area contributed by atoms with Gasteiger partial charge in [-0.15, -0.1) is 11.8 Å². The Bertz CT molecular complexity index is 981. The number of rotatable bonds is 6. The van der Waals surface area contributed by atoms with Crippen LogP contribution >= 0.6 is 35.6 Å². The van der Waals surface area contributed by atoms with Crippen molar-refractivity contribution in [1.82, 2.24) is 0 Å². The molecule has 3 aromatic carbocycles. The number of benzene rings is 3. The van der Waals surface area contributed by atoms with E-state index in [-0.39, 0.29) is 11.2 Å². The van der Waals surface area contributed by atoms with E-state index in [1.54, 1.807) is 24.3 Å². The average Bonchev–Trinajstić information content (AvgIpc) is 2.70. The van der Waals surface area contributed by atoms with Gasteiger partial charge in [-0.25, -0.2) is 0 Å². The molecule has 1 amide bonds. The highest BCUT2D eigenvalue weighted by molar-refractivity contribution is 8.00. The van der Waals surface area contributed by atoms with Crippen molar-refractivity contribution < 1.29 is 4.79 Å². The first kappa shape index (κ1) is 21.2. The second kappa shape index (κ2) is 10.3. The minimum absolute atomic E-state index is 0.0723. The maximum atomic E-state index is 12.5. The molecule has 0 radical (unpaired) electrons. The van der Waals surface area contributed by atoms with E-state index in [0.29, 0.717) is 10.1 Å². The lowest BCUT2D eigenvalue weighted by Crippen LogP contribution is -2.22. The number of hydrogen-bond donors (Lipinski definition) is 3. The Labute approximate surface area is 185 Å². The smallest absolute Gasteiger partial charge is 0.237 e. The molecule has 0 bridgehead atoms. The van der Waals surface area contributed by atoms with Crippen LogP contribution in [0.25, 0.3) is 0 Å². The maximum absolute atomic E-state index is 12.5. The quantitative estimate of drug-likeness (QED) is 0.311. The van der Waals surface area contributed by atoms with Crippen LogP contribution in [0, 0.1) is 0 Å². The molecule has 3 N–H and O–H groups in total. The third kappa shape index (κ3) is 6.78. The number of hydrogen-bond acceptors (Lipinski definition) is 3. The minimum Gasteiger partial charge on any atom is -0.332 e. The summed E-state index contributed by atoms with van der Waals surface area (Å²) in [5.41, 5.74) is 2.50. The number of thioether (sulfide) groups is 1. The number of thiocarbonyl (C=S) groups is 1. The molecule has 0 saturated carbocycles. The van der Waals surface area contributed by atoms with E-state index in [2.05, 4.69) is 16.0 Å². The molecule has 0 aliphatic rings. The van der Waals surface area contributed by atoms with Crippen molar-refractivity contribution in [2.24, 2.45) is 0 Å². The molecule has 1 atom stereocenters. The topological polar surface area (TPSA) is 53.2 Å². The number of anilines is 3. The van der Waals surface area contributed by atoms with Crippen LogP contribution in [-0.2, 0) is 4.79 Å². The lowest BCUT2D eigenvalue weighted by atomic mass is 10.3. The molecule has 4 nitrogen and oxygen atoms in total. The standard InChI is InChI=1S/C22H20ClN3OS2/c1-15(21(27)24-18-12-10-16(23)11-13-18)29-20-9-5-8-19(14-20)26-22(28)25-17-6-3-2-4-7-17/h2-15H,1H3,(H,24,27)(H2,25,26,28). The van der Waals surface area contributed by atoms with Gasteiger partial charge < -0.3 is 16.0 Å². The first-order valence-electron chi connectivity index (χ1n) is 8.96. The zero-order chi connectivity index (χ0) is 20.6. The van der Waals surface area contributed by atoms with Crippen molar-refractivity contribution in [3.8, 4) is 0 Å². The van der Waals surface area contributed by atoms with Gasteiger partial charge in [0.25, 0.3) is 0 Å². The highest BCUT2D eigenvalue weighted by Crippen LogP contribution is 2.27. The normalized spacial score (nSPS) is 11.4. The fraction of sp³-hybridized carbons (Fsp3) is 0.0909. The molecule has 29 heavy (non-hydrogen) atoms. The summed E-state index contributed by atoms with van der Waals surface area (Å²) in [7, 11) is 0. The summed E-state index contributed by atoms with van der Waals surface area (Å²) < 4.78 is 0. The van der Waals surface area contributed by atoms with Gasteiger partial charge in [0.1, 0.15) is 0 Å². The molecule has 3 rings (SSSR count). The zero-order valence-electron chi connectivity index (χ0n) is 15.7. The van der Waals surface area contributed by atoms with Gasteiger partial charge >= 0.3 is 0 Å². The molecular formula is C22H20ClN3OS2. The van der Waals surface area contributed by atoms with Crippen LogP contribution in [-0.4, -0.2) is 16.3 Å². The Balaban J connectivity index is 1.56. The minimum atomic E-state index is -0.268. The summed E-state index contributed by atoms with van der Waals surface area (Å²) in [4.78, 5) is 13.4. The van der Waals surface area contributed by atoms with E-state index < -0.39 is 0 Å². The first-order chi connectivity index (χ1) is 14.0. The van der Waals surface area contributed by atoms with Gasteiger partial charge in [0.15, 0.2) is 5.11 Å². The predicted octanol–water partition coefficient (Wildman–Crippen LogP) is 6.27. The van der Waals surface area contributed by atoms with Gasteiger partial charge in [0, 0.05) is 27.0 Å². The molecule has 7 heteroatoms. The van der Waals surface area contributed by atoms with Crippen molar-refractivity contribution in [3.05, 3.63) is 83.9 Å². The Morgan fingerprint density at radius 1 is 0.862 bits per heavy atom. The van der Waals surface area contributed by atoms with Gasteiger partial charge in [0.2, 0.25) is 5.91 Å². The van der Waals surface area contributed by atoms with E-state index in [1.807, 2.05) is 61.5 Å². The van der Waals surface area contributed by atoms with Gasteiger partial charge in [-0.3, -0.25) is 4.79 Å². The van der Waals surface area contributed by atoms with Gasteiger partial charge in [-0.1, -0.05) is 35.9 Å². The molecule has 0 saturated heterocycles. The average molecular weight is 442 g/mol. The van der Waals surface area contributed by atoms with E-state index in [9.17, 15) is 4.79 Å². The molecular weight excluding hydrogens is 422 g/mol. The van der Waals surface area contributed by atoms with Crippen molar-refractivity contribution >= 4 is 63.7 Å². The number of para-hydroxylation sites is 1. The van der Waals surface area contributed by atoms with E-state index in [0.717, 1.165) is 22.0 Å². The number of halogens is 1. The first-order valence-corrected chi connectivity index (χ1v) is 10.6. The molecule has 0 aliphatic heterocycles.